The highest BCUT2D eigenvalue weighted by Crippen LogP contribution is 2.59. The number of para-hydroxylation sites is 1. The third-order valence-electron chi connectivity index (χ3n) is 7.07. The van der Waals surface area contributed by atoms with Crippen molar-refractivity contribution in [1.82, 2.24) is 10.6 Å². The van der Waals surface area contributed by atoms with Gasteiger partial charge in [-0.25, -0.2) is 4.79 Å². The van der Waals surface area contributed by atoms with Gasteiger partial charge < -0.3 is 16.0 Å². The SMILES string of the molecule is CC(C)[C@H](NC(=O)Nc1ccccc1)C(=O)NCC12CC3CC(CC(C3)C1)C2. The second-order valence-corrected chi connectivity index (χ2v) is 9.82. The molecule has 28 heavy (non-hydrogen) atoms. The van der Waals surface area contributed by atoms with Gasteiger partial charge in [-0.2, -0.15) is 0 Å². The molecule has 3 amide bonds. The van der Waals surface area contributed by atoms with Gasteiger partial charge in [0.05, 0.1) is 0 Å². The summed E-state index contributed by atoms with van der Waals surface area (Å²) in [6.45, 7) is 4.70. The predicted octanol–water partition coefficient (Wildman–Crippen LogP) is 4.17. The van der Waals surface area contributed by atoms with Gasteiger partial charge in [-0.1, -0.05) is 32.0 Å². The Morgan fingerprint density at radius 2 is 1.57 bits per heavy atom. The molecule has 1 aromatic carbocycles. The van der Waals surface area contributed by atoms with Gasteiger partial charge in [0, 0.05) is 12.2 Å². The number of rotatable bonds is 6. The van der Waals surface area contributed by atoms with E-state index in [0.717, 1.165) is 30.0 Å². The van der Waals surface area contributed by atoms with E-state index in [1.54, 1.807) is 0 Å². The van der Waals surface area contributed by atoms with Crippen molar-refractivity contribution < 1.29 is 9.59 Å². The van der Waals surface area contributed by atoms with Crippen LogP contribution in [0.15, 0.2) is 30.3 Å². The number of urea groups is 1. The highest BCUT2D eigenvalue weighted by atomic mass is 16.2. The van der Waals surface area contributed by atoms with Crippen LogP contribution >= 0.6 is 0 Å². The van der Waals surface area contributed by atoms with Crippen molar-refractivity contribution in [2.75, 3.05) is 11.9 Å². The van der Waals surface area contributed by atoms with Crippen LogP contribution in [-0.2, 0) is 4.79 Å². The van der Waals surface area contributed by atoms with E-state index in [2.05, 4.69) is 16.0 Å². The fraction of sp³-hybridized carbons (Fsp3) is 0.652. The lowest BCUT2D eigenvalue weighted by molar-refractivity contribution is -0.126. The Morgan fingerprint density at radius 1 is 1.00 bits per heavy atom. The number of hydrogen-bond donors (Lipinski definition) is 3. The lowest BCUT2D eigenvalue weighted by Crippen LogP contribution is -2.55. The molecule has 0 spiro atoms. The van der Waals surface area contributed by atoms with Gasteiger partial charge >= 0.3 is 6.03 Å². The van der Waals surface area contributed by atoms with E-state index in [0.29, 0.717) is 5.41 Å². The zero-order chi connectivity index (χ0) is 19.7. The minimum atomic E-state index is -0.530. The smallest absolute Gasteiger partial charge is 0.319 e. The van der Waals surface area contributed by atoms with Gasteiger partial charge in [0.25, 0.3) is 0 Å². The summed E-state index contributed by atoms with van der Waals surface area (Å²) in [5.41, 5.74) is 1.02. The molecule has 5 nitrogen and oxygen atoms in total. The molecular weight excluding hydrogens is 350 g/mol. The van der Waals surface area contributed by atoms with Gasteiger partial charge in [0.1, 0.15) is 6.04 Å². The van der Waals surface area contributed by atoms with Crippen molar-refractivity contribution in [3.05, 3.63) is 30.3 Å². The van der Waals surface area contributed by atoms with Crippen molar-refractivity contribution in [3.63, 3.8) is 0 Å². The minimum absolute atomic E-state index is 0.0258. The molecule has 5 heteroatoms. The van der Waals surface area contributed by atoms with Crippen molar-refractivity contribution in [3.8, 4) is 0 Å². The van der Waals surface area contributed by atoms with Gasteiger partial charge in [-0.05, 0) is 79.7 Å². The maximum atomic E-state index is 12.9. The van der Waals surface area contributed by atoms with E-state index in [1.165, 1.54) is 38.5 Å². The summed E-state index contributed by atoms with van der Waals surface area (Å²) in [5.74, 6) is 2.59. The largest absolute Gasteiger partial charge is 0.354 e. The summed E-state index contributed by atoms with van der Waals surface area (Å²) in [7, 11) is 0. The number of hydrogen-bond acceptors (Lipinski definition) is 2. The van der Waals surface area contributed by atoms with Crippen LogP contribution in [0.2, 0.25) is 0 Å². The molecule has 4 aliphatic rings. The molecule has 4 bridgehead atoms. The molecule has 4 fully saturated rings. The van der Waals surface area contributed by atoms with Gasteiger partial charge in [0.15, 0.2) is 0 Å². The monoisotopic (exact) mass is 383 g/mol. The molecule has 0 unspecified atom stereocenters. The molecule has 3 N–H and O–H groups in total. The molecule has 0 saturated heterocycles. The fourth-order valence-corrected chi connectivity index (χ4v) is 6.26. The van der Waals surface area contributed by atoms with Crippen LogP contribution < -0.4 is 16.0 Å². The van der Waals surface area contributed by atoms with Gasteiger partial charge in [-0.15, -0.1) is 0 Å². The second kappa shape index (κ2) is 7.76. The first kappa shape index (κ1) is 19.3. The van der Waals surface area contributed by atoms with E-state index in [1.807, 2.05) is 44.2 Å². The van der Waals surface area contributed by atoms with Crippen LogP contribution in [0.25, 0.3) is 0 Å². The standard InChI is InChI=1S/C23H33N3O2/c1-15(2)20(26-22(28)25-19-6-4-3-5-7-19)21(27)24-14-23-11-16-8-17(12-23)10-18(9-16)13-23/h3-7,15-18,20H,8-14H2,1-2H3,(H,24,27)(H2,25,26,28)/t16?,17?,18?,20-,23?/m0/s1. The Kier molecular flexibility index (Phi) is 5.35. The highest BCUT2D eigenvalue weighted by molar-refractivity contribution is 5.93. The van der Waals surface area contributed by atoms with Crippen molar-refractivity contribution in [2.24, 2.45) is 29.1 Å². The Hall–Kier alpha value is -2.04. The minimum Gasteiger partial charge on any atom is -0.354 e. The molecule has 4 aliphatic carbocycles. The molecule has 0 aromatic heterocycles. The molecule has 0 heterocycles. The van der Waals surface area contributed by atoms with E-state index in [4.69, 9.17) is 0 Å². The first-order valence-corrected chi connectivity index (χ1v) is 10.8. The lowest BCUT2D eigenvalue weighted by Gasteiger charge is -2.57. The van der Waals surface area contributed by atoms with Crippen LogP contribution in [0.5, 0.6) is 0 Å². The zero-order valence-electron chi connectivity index (χ0n) is 17.0. The Labute approximate surface area is 168 Å². The normalized spacial score (nSPS) is 31.5. The number of carbonyl (C=O) groups excluding carboxylic acids is 2. The molecule has 5 rings (SSSR count). The maximum Gasteiger partial charge on any atom is 0.319 e. The average molecular weight is 384 g/mol. The predicted molar refractivity (Wildman–Crippen MR) is 111 cm³/mol. The molecule has 1 atom stereocenters. The Morgan fingerprint density at radius 3 is 2.11 bits per heavy atom. The van der Waals surface area contributed by atoms with Crippen LogP contribution in [0, 0.1) is 29.1 Å². The van der Waals surface area contributed by atoms with Crippen LogP contribution in [0.3, 0.4) is 0 Å². The van der Waals surface area contributed by atoms with Crippen LogP contribution in [-0.4, -0.2) is 24.5 Å². The number of benzene rings is 1. The van der Waals surface area contributed by atoms with Gasteiger partial charge in [-0.3, -0.25) is 4.79 Å². The van der Waals surface area contributed by atoms with E-state index in [-0.39, 0.29) is 17.9 Å². The quantitative estimate of drug-likeness (QED) is 0.690. The van der Waals surface area contributed by atoms with Crippen molar-refractivity contribution in [1.29, 1.82) is 0 Å². The zero-order valence-corrected chi connectivity index (χ0v) is 17.0. The van der Waals surface area contributed by atoms with Crippen LogP contribution in [0.4, 0.5) is 10.5 Å². The first-order chi connectivity index (χ1) is 13.4. The summed E-state index contributed by atoms with van der Waals surface area (Å²) in [6, 6.07) is 8.43. The number of anilines is 1. The highest BCUT2D eigenvalue weighted by Gasteiger charge is 2.50. The summed E-state index contributed by atoms with van der Waals surface area (Å²) < 4.78 is 0. The summed E-state index contributed by atoms with van der Waals surface area (Å²) in [5, 5.41) is 8.87. The number of carbonyl (C=O) groups is 2. The second-order valence-electron chi connectivity index (χ2n) is 9.82. The maximum absolute atomic E-state index is 12.9. The first-order valence-electron chi connectivity index (χ1n) is 10.8. The van der Waals surface area contributed by atoms with Crippen LogP contribution in [0.1, 0.15) is 52.4 Å². The third kappa shape index (κ3) is 4.18. The Bertz CT molecular complexity index is 681. The van der Waals surface area contributed by atoms with Gasteiger partial charge in [0.2, 0.25) is 5.91 Å². The summed E-state index contributed by atoms with van der Waals surface area (Å²) in [4.78, 5) is 25.3. The van der Waals surface area contributed by atoms with E-state index >= 15 is 0 Å². The fourth-order valence-electron chi connectivity index (χ4n) is 6.26. The number of amides is 3. The topological polar surface area (TPSA) is 70.2 Å². The molecule has 0 aliphatic heterocycles. The van der Waals surface area contributed by atoms with E-state index in [9.17, 15) is 9.59 Å². The molecular formula is C23H33N3O2. The van der Waals surface area contributed by atoms with Crippen molar-refractivity contribution in [2.45, 2.75) is 58.4 Å². The molecule has 0 radical (unpaired) electrons. The lowest BCUT2D eigenvalue weighted by atomic mass is 9.49. The Balaban J connectivity index is 1.33. The molecule has 4 saturated carbocycles. The third-order valence-corrected chi connectivity index (χ3v) is 7.07. The summed E-state index contributed by atoms with van der Waals surface area (Å²) >= 11 is 0. The molecule has 152 valence electrons. The average Bonchev–Trinajstić information content (AvgIpc) is 2.64. The number of nitrogens with one attached hydrogen (secondary N) is 3. The molecule has 1 aromatic rings. The van der Waals surface area contributed by atoms with Crippen molar-refractivity contribution >= 4 is 17.6 Å². The summed E-state index contributed by atoms with van der Waals surface area (Å²) in [6.07, 6.45) is 8.03. The van der Waals surface area contributed by atoms with E-state index < -0.39 is 6.04 Å².